The molecule has 1 amide bonds. The second kappa shape index (κ2) is 7.31. The van der Waals surface area contributed by atoms with E-state index >= 15 is 0 Å². The van der Waals surface area contributed by atoms with Gasteiger partial charge in [-0.05, 0) is 49.7 Å². The lowest BCUT2D eigenvalue weighted by molar-refractivity contribution is 0.102. The number of hydrogen-bond acceptors (Lipinski definition) is 4. The molecule has 0 radical (unpaired) electrons. The molecule has 0 unspecified atom stereocenters. The molecule has 2 aromatic carbocycles. The van der Waals surface area contributed by atoms with Crippen LogP contribution < -0.4 is 14.8 Å². The topological polar surface area (TPSA) is 65.4 Å². The molecule has 3 aromatic rings. The fourth-order valence-electron chi connectivity index (χ4n) is 2.69. The van der Waals surface area contributed by atoms with E-state index in [2.05, 4.69) is 10.4 Å². The predicted molar refractivity (Wildman–Crippen MR) is 101 cm³/mol. The minimum Gasteiger partial charge on any atom is -0.497 e. The summed E-state index contributed by atoms with van der Waals surface area (Å²) in [5.74, 6) is 1.04. The maximum atomic E-state index is 12.6. The fraction of sp³-hybridized carbons (Fsp3) is 0.200. The average Bonchev–Trinajstić information content (AvgIpc) is 3.04. The monoisotopic (exact) mass is 351 g/mol. The Morgan fingerprint density at radius 3 is 2.58 bits per heavy atom. The number of rotatable bonds is 5. The number of anilines is 1. The number of aromatic nitrogens is 2. The van der Waals surface area contributed by atoms with Gasteiger partial charge in [0.05, 0.1) is 25.6 Å². The van der Waals surface area contributed by atoms with Crippen molar-refractivity contribution in [1.29, 1.82) is 0 Å². The molecule has 6 heteroatoms. The van der Waals surface area contributed by atoms with Gasteiger partial charge in [-0.15, -0.1) is 0 Å². The molecule has 0 atom stereocenters. The van der Waals surface area contributed by atoms with Crippen molar-refractivity contribution in [3.8, 4) is 17.2 Å². The molecule has 1 aromatic heterocycles. The van der Waals surface area contributed by atoms with Crippen LogP contribution in [0.5, 0.6) is 11.5 Å². The number of nitrogens with one attached hydrogen (secondary N) is 1. The van der Waals surface area contributed by atoms with Crippen LogP contribution in [0.25, 0.3) is 5.69 Å². The van der Waals surface area contributed by atoms with Crippen molar-refractivity contribution in [2.75, 3.05) is 19.5 Å². The Morgan fingerprint density at radius 2 is 1.85 bits per heavy atom. The van der Waals surface area contributed by atoms with E-state index in [0.29, 0.717) is 17.1 Å². The molecule has 6 nitrogen and oxygen atoms in total. The number of ether oxygens (including phenoxy) is 2. The van der Waals surface area contributed by atoms with E-state index in [1.165, 1.54) is 0 Å². The van der Waals surface area contributed by atoms with Gasteiger partial charge in [0, 0.05) is 11.8 Å². The SMILES string of the molecule is COc1cccc(-n2nc(C(=O)Nc3cc(C)ccc3OC)cc2C)c1. The van der Waals surface area contributed by atoms with Gasteiger partial charge >= 0.3 is 0 Å². The first-order valence-corrected chi connectivity index (χ1v) is 8.19. The number of benzene rings is 2. The molecule has 0 spiro atoms. The van der Waals surface area contributed by atoms with E-state index in [4.69, 9.17) is 9.47 Å². The van der Waals surface area contributed by atoms with Crippen molar-refractivity contribution in [1.82, 2.24) is 9.78 Å². The molecule has 1 heterocycles. The highest BCUT2D eigenvalue weighted by atomic mass is 16.5. The molecule has 0 saturated carbocycles. The number of carbonyl (C=O) groups is 1. The van der Waals surface area contributed by atoms with Crippen LogP contribution in [0.15, 0.2) is 48.5 Å². The summed E-state index contributed by atoms with van der Waals surface area (Å²) >= 11 is 0. The van der Waals surface area contributed by atoms with Gasteiger partial charge in [-0.3, -0.25) is 4.79 Å². The van der Waals surface area contributed by atoms with Crippen LogP contribution in [0.1, 0.15) is 21.7 Å². The Morgan fingerprint density at radius 1 is 1.04 bits per heavy atom. The maximum absolute atomic E-state index is 12.6. The molecule has 0 fully saturated rings. The highest BCUT2D eigenvalue weighted by Crippen LogP contribution is 2.26. The lowest BCUT2D eigenvalue weighted by Crippen LogP contribution is -2.14. The molecule has 3 rings (SSSR count). The number of nitrogens with zero attached hydrogens (tertiary/aromatic N) is 2. The van der Waals surface area contributed by atoms with E-state index in [0.717, 1.165) is 22.7 Å². The summed E-state index contributed by atoms with van der Waals surface area (Å²) in [7, 11) is 3.19. The normalized spacial score (nSPS) is 10.5. The standard InChI is InChI=1S/C20H21N3O3/c1-13-8-9-19(26-4)17(10-13)21-20(24)18-11-14(2)23(22-18)15-6-5-7-16(12-15)25-3/h5-12H,1-4H3,(H,21,24). The molecular formula is C20H21N3O3. The number of methoxy groups -OCH3 is 2. The summed E-state index contributed by atoms with van der Waals surface area (Å²) < 4.78 is 12.3. The molecule has 0 bridgehead atoms. The predicted octanol–water partition coefficient (Wildman–Crippen LogP) is 3.76. The zero-order valence-electron chi connectivity index (χ0n) is 15.2. The van der Waals surface area contributed by atoms with Crippen LogP contribution in [-0.2, 0) is 0 Å². The largest absolute Gasteiger partial charge is 0.497 e. The van der Waals surface area contributed by atoms with Crippen LogP contribution in [0.4, 0.5) is 5.69 Å². The van der Waals surface area contributed by atoms with E-state index in [-0.39, 0.29) is 5.91 Å². The summed E-state index contributed by atoms with van der Waals surface area (Å²) in [5.41, 5.74) is 3.65. The van der Waals surface area contributed by atoms with Crippen molar-refractivity contribution >= 4 is 11.6 Å². The van der Waals surface area contributed by atoms with E-state index in [9.17, 15) is 4.79 Å². The Bertz CT molecular complexity index is 947. The Balaban J connectivity index is 1.89. The molecule has 134 valence electrons. The number of amides is 1. The van der Waals surface area contributed by atoms with Gasteiger partial charge in [-0.2, -0.15) is 5.10 Å². The second-order valence-electron chi connectivity index (χ2n) is 5.94. The van der Waals surface area contributed by atoms with Crippen molar-refractivity contribution in [3.63, 3.8) is 0 Å². The zero-order chi connectivity index (χ0) is 18.7. The van der Waals surface area contributed by atoms with Crippen molar-refractivity contribution in [3.05, 3.63) is 65.5 Å². The van der Waals surface area contributed by atoms with Crippen LogP contribution in [0.2, 0.25) is 0 Å². The first-order chi connectivity index (χ1) is 12.5. The molecule has 26 heavy (non-hydrogen) atoms. The van der Waals surface area contributed by atoms with Gasteiger partial charge in [0.15, 0.2) is 5.69 Å². The number of aryl methyl sites for hydroxylation is 2. The Labute approximate surface area is 152 Å². The van der Waals surface area contributed by atoms with Crippen molar-refractivity contribution < 1.29 is 14.3 Å². The lowest BCUT2D eigenvalue weighted by atomic mass is 10.2. The van der Waals surface area contributed by atoms with Gasteiger partial charge in [-0.25, -0.2) is 4.68 Å². The summed E-state index contributed by atoms with van der Waals surface area (Å²) in [4.78, 5) is 12.6. The summed E-state index contributed by atoms with van der Waals surface area (Å²) in [6.07, 6.45) is 0. The fourth-order valence-corrected chi connectivity index (χ4v) is 2.69. The third kappa shape index (κ3) is 3.54. The van der Waals surface area contributed by atoms with E-state index in [1.54, 1.807) is 25.0 Å². The molecule has 0 aliphatic carbocycles. The van der Waals surface area contributed by atoms with Crippen LogP contribution >= 0.6 is 0 Å². The zero-order valence-corrected chi connectivity index (χ0v) is 15.2. The summed E-state index contributed by atoms with van der Waals surface area (Å²) in [6.45, 7) is 3.85. The lowest BCUT2D eigenvalue weighted by Gasteiger charge is -2.10. The van der Waals surface area contributed by atoms with Crippen LogP contribution in [0.3, 0.4) is 0 Å². The first-order valence-electron chi connectivity index (χ1n) is 8.19. The Kier molecular flexibility index (Phi) is 4.93. The minimum atomic E-state index is -0.293. The molecule has 1 N–H and O–H groups in total. The molecule has 0 aliphatic rings. The van der Waals surface area contributed by atoms with Gasteiger partial charge in [0.25, 0.3) is 5.91 Å². The van der Waals surface area contributed by atoms with Gasteiger partial charge in [0.1, 0.15) is 11.5 Å². The smallest absolute Gasteiger partial charge is 0.276 e. The van der Waals surface area contributed by atoms with Crippen molar-refractivity contribution in [2.24, 2.45) is 0 Å². The first kappa shape index (κ1) is 17.5. The molecular weight excluding hydrogens is 330 g/mol. The van der Waals surface area contributed by atoms with Crippen molar-refractivity contribution in [2.45, 2.75) is 13.8 Å². The number of hydrogen-bond donors (Lipinski definition) is 1. The maximum Gasteiger partial charge on any atom is 0.276 e. The van der Waals surface area contributed by atoms with Crippen LogP contribution in [0, 0.1) is 13.8 Å². The van der Waals surface area contributed by atoms with Gasteiger partial charge < -0.3 is 14.8 Å². The summed E-state index contributed by atoms with van der Waals surface area (Å²) in [5, 5.41) is 7.31. The van der Waals surface area contributed by atoms with Gasteiger partial charge in [-0.1, -0.05) is 12.1 Å². The second-order valence-corrected chi connectivity index (χ2v) is 5.94. The molecule has 0 saturated heterocycles. The van der Waals surface area contributed by atoms with Gasteiger partial charge in [0.2, 0.25) is 0 Å². The third-order valence-electron chi connectivity index (χ3n) is 4.02. The van der Waals surface area contributed by atoms with E-state index in [1.807, 2.05) is 56.3 Å². The summed E-state index contributed by atoms with van der Waals surface area (Å²) in [6, 6.07) is 14.9. The Hall–Kier alpha value is -3.28. The average molecular weight is 351 g/mol. The van der Waals surface area contributed by atoms with E-state index < -0.39 is 0 Å². The van der Waals surface area contributed by atoms with Crippen LogP contribution in [-0.4, -0.2) is 29.9 Å². The quantitative estimate of drug-likeness (QED) is 0.760. The third-order valence-corrected chi connectivity index (χ3v) is 4.02. The minimum absolute atomic E-state index is 0.293. The highest BCUT2D eigenvalue weighted by Gasteiger charge is 2.15. The number of carbonyl (C=O) groups excluding carboxylic acids is 1. The highest BCUT2D eigenvalue weighted by molar-refractivity contribution is 6.03. The molecule has 0 aliphatic heterocycles.